The summed E-state index contributed by atoms with van der Waals surface area (Å²) >= 11 is 0. The third kappa shape index (κ3) is 5.14. The first-order valence-corrected chi connectivity index (χ1v) is 7.84. The standard InChI is InChI=1S/C14H31N3O4/c1-3-20-14-13(19)11(12(18)10(2)21-14)17(8-4-6-15)9-5-7-16/h10-14,18-19H,3-9,15-16H2,1-2H3/t10-,11+,12?,13+,14?/m1/s1. The van der Waals surface area contributed by atoms with Crippen molar-refractivity contribution in [3.8, 4) is 0 Å². The number of hydrogen-bond acceptors (Lipinski definition) is 7. The largest absolute Gasteiger partial charge is 0.389 e. The zero-order chi connectivity index (χ0) is 15.8. The van der Waals surface area contributed by atoms with Gasteiger partial charge in [0, 0.05) is 6.61 Å². The number of aliphatic hydroxyl groups excluding tert-OH is 2. The highest BCUT2D eigenvalue weighted by atomic mass is 16.7. The van der Waals surface area contributed by atoms with Gasteiger partial charge in [-0.15, -0.1) is 0 Å². The lowest BCUT2D eigenvalue weighted by atomic mass is 9.94. The second kappa shape index (κ2) is 9.68. The third-order valence-electron chi connectivity index (χ3n) is 3.86. The van der Waals surface area contributed by atoms with E-state index in [2.05, 4.69) is 4.90 Å². The molecular formula is C14H31N3O4. The first-order chi connectivity index (χ1) is 10.1. The van der Waals surface area contributed by atoms with Gasteiger partial charge in [-0.1, -0.05) is 0 Å². The lowest BCUT2D eigenvalue weighted by Gasteiger charge is -2.46. The van der Waals surface area contributed by atoms with Crippen LogP contribution in [0, 0.1) is 0 Å². The Balaban J connectivity index is 2.82. The van der Waals surface area contributed by atoms with Crippen LogP contribution in [-0.4, -0.2) is 78.5 Å². The van der Waals surface area contributed by atoms with Gasteiger partial charge in [0.25, 0.3) is 0 Å². The van der Waals surface area contributed by atoms with Crippen LogP contribution >= 0.6 is 0 Å². The van der Waals surface area contributed by atoms with Crippen LogP contribution < -0.4 is 11.5 Å². The van der Waals surface area contributed by atoms with E-state index in [9.17, 15) is 10.2 Å². The fourth-order valence-corrected chi connectivity index (χ4v) is 2.75. The summed E-state index contributed by atoms with van der Waals surface area (Å²) < 4.78 is 11.0. The van der Waals surface area contributed by atoms with Crippen LogP contribution in [0.15, 0.2) is 0 Å². The Kier molecular flexibility index (Phi) is 8.65. The summed E-state index contributed by atoms with van der Waals surface area (Å²) in [5, 5.41) is 20.9. The Morgan fingerprint density at radius 3 is 2.14 bits per heavy atom. The second-order valence-electron chi connectivity index (χ2n) is 5.46. The van der Waals surface area contributed by atoms with E-state index in [1.54, 1.807) is 6.92 Å². The molecule has 7 nitrogen and oxygen atoms in total. The molecule has 126 valence electrons. The van der Waals surface area contributed by atoms with Gasteiger partial charge in [-0.25, -0.2) is 0 Å². The fourth-order valence-electron chi connectivity index (χ4n) is 2.75. The molecule has 0 radical (unpaired) electrons. The third-order valence-corrected chi connectivity index (χ3v) is 3.86. The average molecular weight is 305 g/mol. The molecule has 0 aromatic rings. The van der Waals surface area contributed by atoms with Crippen LogP contribution in [0.3, 0.4) is 0 Å². The van der Waals surface area contributed by atoms with E-state index in [1.807, 2.05) is 6.92 Å². The Labute approximate surface area is 127 Å². The zero-order valence-electron chi connectivity index (χ0n) is 13.1. The summed E-state index contributed by atoms with van der Waals surface area (Å²) in [5.74, 6) is 0. The van der Waals surface area contributed by atoms with Crippen molar-refractivity contribution >= 4 is 0 Å². The molecule has 1 saturated heterocycles. The summed E-state index contributed by atoms with van der Waals surface area (Å²) in [4.78, 5) is 2.06. The van der Waals surface area contributed by atoms with Gasteiger partial charge in [0.05, 0.1) is 18.2 Å². The van der Waals surface area contributed by atoms with Crippen molar-refractivity contribution in [3.05, 3.63) is 0 Å². The van der Waals surface area contributed by atoms with Crippen molar-refractivity contribution in [3.63, 3.8) is 0 Å². The number of nitrogens with two attached hydrogens (primary N) is 2. The number of aliphatic hydroxyl groups is 2. The molecule has 0 aromatic heterocycles. The van der Waals surface area contributed by atoms with Crippen molar-refractivity contribution < 1.29 is 19.7 Å². The van der Waals surface area contributed by atoms with Crippen LogP contribution in [0.1, 0.15) is 26.7 Å². The maximum atomic E-state index is 10.5. The molecule has 0 aliphatic carbocycles. The Bertz CT molecular complexity index is 275. The number of rotatable bonds is 9. The van der Waals surface area contributed by atoms with Crippen molar-refractivity contribution in [2.45, 2.75) is 57.3 Å². The van der Waals surface area contributed by atoms with Crippen molar-refractivity contribution in [2.24, 2.45) is 11.5 Å². The minimum atomic E-state index is -0.897. The molecule has 1 heterocycles. The summed E-state index contributed by atoms with van der Waals surface area (Å²) in [6.45, 7) is 6.64. The molecule has 1 rings (SSSR count). The summed E-state index contributed by atoms with van der Waals surface area (Å²) in [6.07, 6.45) is -1.17. The molecule has 0 amide bonds. The average Bonchev–Trinajstić information content (AvgIpc) is 2.47. The molecule has 0 bridgehead atoms. The number of nitrogens with zero attached hydrogens (tertiary/aromatic N) is 1. The lowest BCUT2D eigenvalue weighted by Crippen LogP contribution is -2.64. The van der Waals surface area contributed by atoms with Gasteiger partial charge < -0.3 is 31.2 Å². The molecule has 7 heteroatoms. The van der Waals surface area contributed by atoms with Gasteiger partial charge in [0.15, 0.2) is 6.29 Å². The van der Waals surface area contributed by atoms with Crippen LogP contribution in [-0.2, 0) is 9.47 Å². The molecular weight excluding hydrogens is 274 g/mol. The van der Waals surface area contributed by atoms with Crippen LogP contribution in [0.25, 0.3) is 0 Å². The van der Waals surface area contributed by atoms with Crippen molar-refractivity contribution in [1.82, 2.24) is 4.90 Å². The van der Waals surface area contributed by atoms with Gasteiger partial charge in [0.2, 0.25) is 0 Å². The quantitative estimate of drug-likeness (QED) is 0.425. The van der Waals surface area contributed by atoms with Crippen molar-refractivity contribution in [2.75, 3.05) is 32.8 Å². The topological polar surface area (TPSA) is 114 Å². The summed E-state index contributed by atoms with van der Waals surface area (Å²) in [7, 11) is 0. The highest BCUT2D eigenvalue weighted by Gasteiger charge is 2.45. The first kappa shape index (κ1) is 18.8. The molecule has 0 spiro atoms. The molecule has 6 N–H and O–H groups in total. The number of hydrogen-bond donors (Lipinski definition) is 4. The van der Waals surface area contributed by atoms with Gasteiger partial charge >= 0.3 is 0 Å². The highest BCUT2D eigenvalue weighted by Crippen LogP contribution is 2.26. The van der Waals surface area contributed by atoms with E-state index in [4.69, 9.17) is 20.9 Å². The predicted molar refractivity (Wildman–Crippen MR) is 80.7 cm³/mol. The maximum Gasteiger partial charge on any atom is 0.185 e. The van der Waals surface area contributed by atoms with E-state index >= 15 is 0 Å². The van der Waals surface area contributed by atoms with E-state index in [0.29, 0.717) is 32.8 Å². The van der Waals surface area contributed by atoms with Gasteiger partial charge in [-0.3, -0.25) is 4.90 Å². The van der Waals surface area contributed by atoms with Gasteiger partial charge in [-0.05, 0) is 52.9 Å². The zero-order valence-corrected chi connectivity index (χ0v) is 13.1. The molecule has 2 unspecified atom stereocenters. The SMILES string of the molecule is CCOC1O[C@H](C)C(O)[C@H](N(CCCN)CCCN)[C@@H]1O. The van der Waals surface area contributed by atoms with E-state index in [1.165, 1.54) is 0 Å². The molecule has 0 saturated carbocycles. The molecule has 5 atom stereocenters. The predicted octanol–water partition coefficient (Wildman–Crippen LogP) is -1.14. The second-order valence-corrected chi connectivity index (χ2v) is 5.46. The molecule has 1 fully saturated rings. The van der Waals surface area contributed by atoms with E-state index < -0.39 is 30.6 Å². The smallest absolute Gasteiger partial charge is 0.185 e. The minimum absolute atomic E-state index is 0.395. The number of ether oxygens (including phenoxy) is 2. The monoisotopic (exact) mass is 305 g/mol. The van der Waals surface area contributed by atoms with E-state index in [-0.39, 0.29) is 0 Å². The Morgan fingerprint density at radius 1 is 1.10 bits per heavy atom. The summed E-state index contributed by atoms with van der Waals surface area (Å²) in [5.41, 5.74) is 11.2. The lowest BCUT2D eigenvalue weighted by molar-refractivity contribution is -0.281. The minimum Gasteiger partial charge on any atom is -0.389 e. The maximum absolute atomic E-state index is 10.5. The summed E-state index contributed by atoms with van der Waals surface area (Å²) in [6, 6.07) is -0.427. The van der Waals surface area contributed by atoms with Crippen molar-refractivity contribution in [1.29, 1.82) is 0 Å². The van der Waals surface area contributed by atoms with Crippen LogP contribution in [0.5, 0.6) is 0 Å². The Morgan fingerprint density at radius 2 is 1.67 bits per heavy atom. The van der Waals surface area contributed by atoms with Gasteiger partial charge in [0.1, 0.15) is 6.10 Å². The highest BCUT2D eigenvalue weighted by molar-refractivity contribution is 4.94. The molecule has 0 aromatic carbocycles. The molecule has 21 heavy (non-hydrogen) atoms. The van der Waals surface area contributed by atoms with E-state index in [0.717, 1.165) is 12.8 Å². The normalized spacial score (nSPS) is 33.6. The molecule has 1 aliphatic rings. The van der Waals surface area contributed by atoms with Crippen LogP contribution in [0.4, 0.5) is 0 Å². The van der Waals surface area contributed by atoms with Gasteiger partial charge in [-0.2, -0.15) is 0 Å². The fraction of sp³-hybridized carbons (Fsp3) is 1.00. The van der Waals surface area contributed by atoms with Crippen LogP contribution in [0.2, 0.25) is 0 Å². The Hall–Kier alpha value is -0.280. The molecule has 1 aliphatic heterocycles. The first-order valence-electron chi connectivity index (χ1n) is 7.84.